The largest absolute Gasteiger partial charge is 0.381 e. The van der Waals surface area contributed by atoms with Crippen LogP contribution in [0.3, 0.4) is 0 Å². The lowest BCUT2D eigenvalue weighted by Gasteiger charge is -1.95. The van der Waals surface area contributed by atoms with Crippen LogP contribution in [0.15, 0.2) is 35.0 Å². The summed E-state index contributed by atoms with van der Waals surface area (Å²) in [4.78, 5) is 3.24. The van der Waals surface area contributed by atoms with Gasteiger partial charge in [0.25, 0.3) is 0 Å². The van der Waals surface area contributed by atoms with Crippen molar-refractivity contribution >= 4 is 16.7 Å². The lowest BCUT2D eigenvalue weighted by atomic mass is 10.1. The van der Waals surface area contributed by atoms with Gasteiger partial charge in [0.15, 0.2) is 11.6 Å². The van der Waals surface area contributed by atoms with Crippen molar-refractivity contribution in [2.75, 3.05) is 5.73 Å². The summed E-state index contributed by atoms with van der Waals surface area (Å²) in [6, 6.07) is 7.86. The molecule has 0 aliphatic heterocycles. The Labute approximate surface area is 92.0 Å². The van der Waals surface area contributed by atoms with E-state index < -0.39 is 0 Å². The zero-order valence-electron chi connectivity index (χ0n) is 8.82. The molecule has 0 amide bonds. The molecular weight excluding hydrogens is 202 g/mol. The molecule has 80 valence electrons. The number of rotatable bonds is 1. The second-order valence-electron chi connectivity index (χ2n) is 3.82. The fourth-order valence-electron chi connectivity index (χ4n) is 1.93. The highest BCUT2D eigenvalue weighted by Crippen LogP contribution is 2.30. The van der Waals surface area contributed by atoms with Gasteiger partial charge in [0.1, 0.15) is 0 Å². The SMILES string of the molecule is Cc1cccc2c(-c3cc(N)no3)c[nH]c12. The van der Waals surface area contributed by atoms with E-state index in [1.807, 2.05) is 18.3 Å². The average molecular weight is 213 g/mol. The van der Waals surface area contributed by atoms with Crippen molar-refractivity contribution in [3.05, 3.63) is 36.0 Å². The van der Waals surface area contributed by atoms with Gasteiger partial charge in [-0.3, -0.25) is 0 Å². The molecule has 3 N–H and O–H groups in total. The maximum atomic E-state index is 5.54. The van der Waals surface area contributed by atoms with Crippen LogP contribution in [-0.4, -0.2) is 10.1 Å². The van der Waals surface area contributed by atoms with Crippen LogP contribution < -0.4 is 5.73 Å². The molecule has 0 saturated heterocycles. The van der Waals surface area contributed by atoms with Gasteiger partial charge in [0.05, 0.1) is 0 Å². The van der Waals surface area contributed by atoms with Gasteiger partial charge in [-0.25, -0.2) is 0 Å². The van der Waals surface area contributed by atoms with Gasteiger partial charge < -0.3 is 15.2 Å². The lowest BCUT2D eigenvalue weighted by molar-refractivity contribution is 0.436. The fraction of sp³-hybridized carbons (Fsp3) is 0.0833. The number of anilines is 1. The maximum absolute atomic E-state index is 5.54. The van der Waals surface area contributed by atoms with Gasteiger partial charge in [-0.05, 0) is 12.5 Å². The summed E-state index contributed by atoms with van der Waals surface area (Å²) >= 11 is 0. The van der Waals surface area contributed by atoms with Gasteiger partial charge in [0.2, 0.25) is 0 Å². The number of aryl methyl sites for hydroxylation is 1. The van der Waals surface area contributed by atoms with E-state index in [-0.39, 0.29) is 0 Å². The number of nitrogen functional groups attached to an aromatic ring is 1. The standard InChI is InChI=1S/C12H11N3O/c1-7-3-2-4-8-9(6-14-12(7)8)10-5-11(13)15-16-10/h2-6,14H,1H3,(H2,13,15). The molecule has 4 heteroatoms. The van der Waals surface area contributed by atoms with E-state index in [0.717, 1.165) is 16.5 Å². The third-order valence-corrected chi connectivity index (χ3v) is 2.72. The molecule has 0 aliphatic carbocycles. The molecule has 0 unspecified atom stereocenters. The summed E-state index contributed by atoms with van der Waals surface area (Å²) in [6.45, 7) is 2.07. The molecule has 0 radical (unpaired) electrons. The normalized spacial score (nSPS) is 11.1. The van der Waals surface area contributed by atoms with Crippen LogP contribution in [0, 0.1) is 6.92 Å². The second-order valence-corrected chi connectivity index (χ2v) is 3.82. The summed E-state index contributed by atoms with van der Waals surface area (Å²) < 4.78 is 5.16. The number of aromatic amines is 1. The van der Waals surface area contributed by atoms with E-state index in [4.69, 9.17) is 10.3 Å². The van der Waals surface area contributed by atoms with Gasteiger partial charge in [-0.2, -0.15) is 0 Å². The number of H-pyrrole nitrogens is 1. The Morgan fingerprint density at radius 3 is 3.00 bits per heavy atom. The molecule has 1 aromatic carbocycles. The number of benzene rings is 1. The minimum absolute atomic E-state index is 0.400. The van der Waals surface area contributed by atoms with Gasteiger partial charge >= 0.3 is 0 Å². The molecule has 16 heavy (non-hydrogen) atoms. The quantitative estimate of drug-likeness (QED) is 0.653. The Balaban J connectivity index is 2.29. The summed E-state index contributed by atoms with van der Waals surface area (Å²) in [5.41, 5.74) is 8.86. The van der Waals surface area contributed by atoms with Crippen LogP contribution >= 0.6 is 0 Å². The van der Waals surface area contributed by atoms with Crippen LogP contribution in [0.2, 0.25) is 0 Å². The predicted molar refractivity (Wildman–Crippen MR) is 62.9 cm³/mol. The Morgan fingerprint density at radius 1 is 1.38 bits per heavy atom. The molecule has 0 bridgehead atoms. The number of hydrogen-bond donors (Lipinski definition) is 2. The molecule has 3 aromatic rings. The monoisotopic (exact) mass is 213 g/mol. The first-order chi connectivity index (χ1) is 7.75. The predicted octanol–water partition coefficient (Wildman–Crippen LogP) is 2.71. The van der Waals surface area contributed by atoms with Crippen molar-refractivity contribution in [3.63, 3.8) is 0 Å². The number of hydrogen-bond acceptors (Lipinski definition) is 3. The topological polar surface area (TPSA) is 67.8 Å². The minimum Gasteiger partial charge on any atom is -0.381 e. The first kappa shape index (κ1) is 9.03. The van der Waals surface area contributed by atoms with Gasteiger partial charge in [-0.15, -0.1) is 0 Å². The molecule has 0 fully saturated rings. The van der Waals surface area contributed by atoms with Crippen LogP contribution in [0.25, 0.3) is 22.2 Å². The molecular formula is C12H11N3O. The molecule has 2 heterocycles. The third-order valence-electron chi connectivity index (χ3n) is 2.72. The summed E-state index contributed by atoms with van der Waals surface area (Å²) in [5.74, 6) is 1.09. The van der Waals surface area contributed by atoms with E-state index in [9.17, 15) is 0 Å². The molecule has 2 aromatic heterocycles. The van der Waals surface area contributed by atoms with Crippen LogP contribution in [-0.2, 0) is 0 Å². The minimum atomic E-state index is 0.400. The number of nitrogens with one attached hydrogen (secondary N) is 1. The Hall–Kier alpha value is -2.23. The maximum Gasteiger partial charge on any atom is 0.171 e. The van der Waals surface area contributed by atoms with E-state index in [1.54, 1.807) is 6.07 Å². The van der Waals surface area contributed by atoms with Crippen molar-refractivity contribution in [1.29, 1.82) is 0 Å². The molecule has 0 spiro atoms. The number of fused-ring (bicyclic) bond motifs is 1. The number of nitrogens with zero attached hydrogens (tertiary/aromatic N) is 1. The summed E-state index contributed by atoms with van der Waals surface area (Å²) in [5, 5.41) is 4.81. The molecule has 3 rings (SSSR count). The van der Waals surface area contributed by atoms with E-state index in [0.29, 0.717) is 11.6 Å². The van der Waals surface area contributed by atoms with Crippen molar-refractivity contribution < 1.29 is 4.52 Å². The average Bonchev–Trinajstić information content (AvgIpc) is 2.84. The van der Waals surface area contributed by atoms with Gasteiger partial charge in [-0.1, -0.05) is 23.4 Å². The first-order valence-electron chi connectivity index (χ1n) is 5.05. The fourth-order valence-corrected chi connectivity index (χ4v) is 1.93. The smallest absolute Gasteiger partial charge is 0.171 e. The molecule has 0 atom stereocenters. The molecule has 0 aliphatic rings. The van der Waals surface area contributed by atoms with Crippen molar-refractivity contribution in [2.45, 2.75) is 6.92 Å². The highest BCUT2D eigenvalue weighted by Gasteiger charge is 2.11. The summed E-state index contributed by atoms with van der Waals surface area (Å²) in [7, 11) is 0. The van der Waals surface area contributed by atoms with Crippen LogP contribution in [0.4, 0.5) is 5.82 Å². The van der Waals surface area contributed by atoms with E-state index >= 15 is 0 Å². The number of nitrogens with two attached hydrogens (primary N) is 1. The summed E-state index contributed by atoms with van der Waals surface area (Å²) in [6.07, 6.45) is 1.91. The third kappa shape index (κ3) is 1.20. The first-order valence-corrected chi connectivity index (χ1v) is 5.05. The number of para-hydroxylation sites is 1. The Morgan fingerprint density at radius 2 is 2.25 bits per heavy atom. The Kier molecular flexibility index (Phi) is 1.77. The van der Waals surface area contributed by atoms with Crippen LogP contribution in [0.1, 0.15) is 5.56 Å². The molecule has 0 saturated carbocycles. The van der Waals surface area contributed by atoms with Crippen molar-refractivity contribution in [2.24, 2.45) is 0 Å². The van der Waals surface area contributed by atoms with Crippen molar-refractivity contribution in [1.82, 2.24) is 10.1 Å². The molecule has 4 nitrogen and oxygen atoms in total. The van der Waals surface area contributed by atoms with Crippen LogP contribution in [0.5, 0.6) is 0 Å². The van der Waals surface area contributed by atoms with Gasteiger partial charge in [0, 0.05) is 28.7 Å². The highest BCUT2D eigenvalue weighted by molar-refractivity contribution is 5.95. The van der Waals surface area contributed by atoms with Crippen molar-refractivity contribution in [3.8, 4) is 11.3 Å². The Bertz CT molecular complexity index is 651. The second kappa shape index (κ2) is 3.13. The zero-order valence-corrected chi connectivity index (χ0v) is 8.82. The zero-order chi connectivity index (χ0) is 11.1. The van der Waals surface area contributed by atoms with E-state index in [1.165, 1.54) is 5.56 Å². The lowest BCUT2D eigenvalue weighted by Crippen LogP contribution is -1.79. The highest BCUT2D eigenvalue weighted by atomic mass is 16.5. The van der Waals surface area contributed by atoms with E-state index in [2.05, 4.69) is 23.1 Å². The number of aromatic nitrogens is 2.